The predicted octanol–water partition coefficient (Wildman–Crippen LogP) is 0.409. The van der Waals surface area contributed by atoms with E-state index in [0.29, 0.717) is 0 Å². The Labute approximate surface area is 48.3 Å². The summed E-state index contributed by atoms with van der Waals surface area (Å²) in [5.41, 5.74) is 0. The molecule has 0 radical (unpaired) electrons. The lowest BCUT2D eigenvalue weighted by molar-refractivity contribution is 0.933. The number of hydrogen-bond donors (Lipinski definition) is 1. The molecule has 4 heteroatoms. The van der Waals surface area contributed by atoms with Gasteiger partial charge in [-0.05, 0) is 22.6 Å². The van der Waals surface area contributed by atoms with Crippen molar-refractivity contribution in [3.8, 4) is 0 Å². The van der Waals surface area contributed by atoms with Crippen LogP contribution in [0.4, 0.5) is 0 Å². The Morgan fingerprint density at radius 2 is 2.67 bits per heavy atom. The number of nitrogens with zero attached hydrogens (tertiary/aromatic N) is 2. The second-order valence-electron chi connectivity index (χ2n) is 0.793. The SMILES string of the molecule is [125I]c1cn[nH]n1. The third-order valence-electron chi connectivity index (χ3n) is 0.386. The molecule has 0 aliphatic carbocycles. The summed E-state index contributed by atoms with van der Waals surface area (Å²) >= 11 is 2.07. The van der Waals surface area contributed by atoms with E-state index in [9.17, 15) is 0 Å². The Morgan fingerprint density at radius 1 is 1.83 bits per heavy atom. The van der Waals surface area contributed by atoms with Crippen LogP contribution in [0.5, 0.6) is 0 Å². The molecule has 0 saturated carbocycles. The molecule has 0 unspecified atom stereocenters. The van der Waals surface area contributed by atoms with E-state index in [2.05, 4.69) is 38.0 Å². The fourth-order valence-electron chi connectivity index (χ4n) is 0.188. The Morgan fingerprint density at radius 3 is 2.83 bits per heavy atom. The van der Waals surface area contributed by atoms with E-state index in [1.807, 2.05) is 0 Å². The molecule has 1 aromatic rings. The number of aromatic amines is 1. The molecule has 32 valence electrons. The van der Waals surface area contributed by atoms with Crippen molar-refractivity contribution in [3.63, 3.8) is 0 Å². The molecule has 0 aromatic carbocycles. The summed E-state index contributed by atoms with van der Waals surface area (Å²) < 4.78 is 0.896. The minimum absolute atomic E-state index is 0.896. The van der Waals surface area contributed by atoms with E-state index in [4.69, 9.17) is 0 Å². The molecule has 1 rings (SSSR count). The van der Waals surface area contributed by atoms with Crippen molar-refractivity contribution >= 4 is 22.6 Å². The first-order valence-corrected chi connectivity index (χ1v) is 2.49. The summed E-state index contributed by atoms with van der Waals surface area (Å²) in [6.45, 7) is 0. The fraction of sp³-hybridized carbons (Fsp3) is 0. The van der Waals surface area contributed by atoms with Crippen LogP contribution in [0.25, 0.3) is 0 Å². The van der Waals surface area contributed by atoms with Crippen molar-refractivity contribution < 1.29 is 0 Å². The minimum Gasteiger partial charge on any atom is -0.197 e. The third-order valence-corrected chi connectivity index (χ3v) is 0.905. The van der Waals surface area contributed by atoms with Gasteiger partial charge in [-0.3, -0.25) is 0 Å². The number of H-pyrrole nitrogens is 1. The highest BCUT2D eigenvalue weighted by atomic mass is 125. The van der Waals surface area contributed by atoms with Crippen LogP contribution in [0, 0.1) is 3.70 Å². The van der Waals surface area contributed by atoms with Gasteiger partial charge in [-0.15, -0.1) is 0 Å². The highest BCUT2D eigenvalue weighted by Crippen LogP contribution is 1.90. The van der Waals surface area contributed by atoms with Gasteiger partial charge in [0.25, 0.3) is 0 Å². The van der Waals surface area contributed by atoms with Crippen molar-refractivity contribution in [2.45, 2.75) is 0 Å². The summed E-state index contributed by atoms with van der Waals surface area (Å²) in [4.78, 5) is 0. The van der Waals surface area contributed by atoms with Crippen LogP contribution in [-0.2, 0) is 0 Å². The highest BCUT2D eigenvalue weighted by Gasteiger charge is 1.79. The average Bonchev–Trinajstić information content (AvgIpc) is 1.86. The van der Waals surface area contributed by atoms with Crippen LogP contribution in [0.15, 0.2) is 6.20 Å². The molecule has 0 atom stereocenters. The van der Waals surface area contributed by atoms with Gasteiger partial charge in [0.15, 0.2) is 0 Å². The zero-order chi connectivity index (χ0) is 4.41. The predicted molar refractivity (Wildman–Crippen MR) is 29.1 cm³/mol. The minimum atomic E-state index is 0.896. The summed E-state index contributed by atoms with van der Waals surface area (Å²) in [5.74, 6) is 0. The molecule has 0 amide bonds. The van der Waals surface area contributed by atoms with Crippen LogP contribution < -0.4 is 0 Å². The maximum Gasteiger partial charge on any atom is 0.143 e. The third kappa shape index (κ3) is 0.675. The molecule has 1 N–H and O–H groups in total. The standard InChI is InChI=1S/C2H2IN3/c3-2-1-4-6-5-2/h1H,(H,4,5,6)/i3-2. The molecule has 0 fully saturated rings. The lowest BCUT2D eigenvalue weighted by atomic mass is 11.0. The van der Waals surface area contributed by atoms with E-state index < -0.39 is 0 Å². The largest absolute Gasteiger partial charge is 0.197 e. The van der Waals surface area contributed by atoms with Crippen molar-refractivity contribution in [2.24, 2.45) is 0 Å². The second kappa shape index (κ2) is 1.55. The molecule has 1 heterocycles. The quantitative estimate of drug-likeness (QED) is 0.606. The number of halogens is 1. The molecule has 0 bridgehead atoms. The van der Waals surface area contributed by atoms with E-state index in [0.717, 1.165) is 3.70 Å². The van der Waals surface area contributed by atoms with Gasteiger partial charge in [-0.1, -0.05) is 0 Å². The normalized spacial score (nSPS) is 8.83. The molecule has 3 nitrogen and oxygen atoms in total. The molecular formula is C2H2IN3. The van der Waals surface area contributed by atoms with Crippen LogP contribution in [-0.4, -0.2) is 15.4 Å². The molecule has 1 aromatic heterocycles. The first-order chi connectivity index (χ1) is 2.89. The second-order valence-corrected chi connectivity index (χ2v) is 1.90. The first kappa shape index (κ1) is 4.04. The number of hydrogen-bond acceptors (Lipinski definition) is 2. The Balaban J connectivity index is 3.05. The lowest BCUT2D eigenvalue weighted by Gasteiger charge is -1.59. The van der Waals surface area contributed by atoms with Gasteiger partial charge in [-0.25, -0.2) is 0 Å². The highest BCUT2D eigenvalue weighted by molar-refractivity contribution is 14.1. The van der Waals surface area contributed by atoms with Crippen LogP contribution in [0.1, 0.15) is 0 Å². The van der Waals surface area contributed by atoms with Crippen molar-refractivity contribution in [3.05, 3.63) is 9.90 Å². The van der Waals surface area contributed by atoms with Crippen molar-refractivity contribution in [1.82, 2.24) is 15.4 Å². The number of aromatic nitrogens is 3. The summed E-state index contributed by atoms with van der Waals surface area (Å²) in [5, 5.41) is 9.67. The Kier molecular flexibility index (Phi) is 1.04. The van der Waals surface area contributed by atoms with Gasteiger partial charge in [0.05, 0.1) is 6.20 Å². The molecule has 0 spiro atoms. The zero-order valence-electron chi connectivity index (χ0n) is 2.85. The van der Waals surface area contributed by atoms with Crippen LogP contribution in [0.3, 0.4) is 0 Å². The zero-order valence-corrected chi connectivity index (χ0v) is 5.01. The van der Waals surface area contributed by atoms with Crippen molar-refractivity contribution in [1.29, 1.82) is 0 Å². The van der Waals surface area contributed by atoms with Crippen LogP contribution in [0.2, 0.25) is 0 Å². The van der Waals surface area contributed by atoms with Gasteiger partial charge >= 0.3 is 0 Å². The maximum atomic E-state index is 3.67. The first-order valence-electron chi connectivity index (χ1n) is 1.41. The number of nitrogens with one attached hydrogen (secondary N) is 1. The smallest absolute Gasteiger partial charge is 0.143 e. The summed E-state index contributed by atoms with van der Waals surface area (Å²) in [6, 6.07) is 0. The monoisotopic (exact) mass is 193 g/mol. The van der Waals surface area contributed by atoms with E-state index >= 15 is 0 Å². The molecule has 0 aliphatic rings. The van der Waals surface area contributed by atoms with Gasteiger partial charge in [0.2, 0.25) is 0 Å². The molecule has 6 heavy (non-hydrogen) atoms. The van der Waals surface area contributed by atoms with Gasteiger partial charge in [-0.2, -0.15) is 15.4 Å². The van der Waals surface area contributed by atoms with E-state index in [-0.39, 0.29) is 0 Å². The fourth-order valence-corrected chi connectivity index (χ4v) is 0.435. The average molecular weight is 193 g/mol. The maximum absolute atomic E-state index is 3.67. The van der Waals surface area contributed by atoms with Gasteiger partial charge in [0.1, 0.15) is 3.70 Å². The number of rotatable bonds is 0. The van der Waals surface area contributed by atoms with E-state index in [1.165, 1.54) is 0 Å². The Hall–Kier alpha value is -0.130. The lowest BCUT2D eigenvalue weighted by Crippen LogP contribution is -1.66. The molecule has 0 aliphatic heterocycles. The van der Waals surface area contributed by atoms with E-state index in [1.54, 1.807) is 6.20 Å². The van der Waals surface area contributed by atoms with Gasteiger partial charge < -0.3 is 0 Å². The summed E-state index contributed by atoms with van der Waals surface area (Å²) in [6.07, 6.45) is 1.65. The van der Waals surface area contributed by atoms with Gasteiger partial charge in [0, 0.05) is 0 Å². The molecule has 0 saturated heterocycles. The summed E-state index contributed by atoms with van der Waals surface area (Å²) in [7, 11) is 0. The Bertz CT molecular complexity index is 112. The molecular weight excluding hydrogens is 191 g/mol. The van der Waals surface area contributed by atoms with Crippen LogP contribution >= 0.6 is 22.6 Å². The topological polar surface area (TPSA) is 41.6 Å². The van der Waals surface area contributed by atoms with Crippen molar-refractivity contribution in [2.75, 3.05) is 0 Å².